The van der Waals surface area contributed by atoms with E-state index in [4.69, 9.17) is 4.74 Å². The lowest BCUT2D eigenvalue weighted by atomic mass is 10.1. The first-order valence-corrected chi connectivity index (χ1v) is 6.58. The average Bonchev–Trinajstić information content (AvgIpc) is 2.53. The normalized spacial score (nSPS) is 10.5. The molecule has 0 aliphatic rings. The number of nitro groups is 1. The van der Waals surface area contributed by atoms with Gasteiger partial charge in [0.05, 0.1) is 10.3 Å². The summed E-state index contributed by atoms with van der Waals surface area (Å²) >= 11 is 0. The number of rotatable bonds is 4. The van der Waals surface area contributed by atoms with Crippen LogP contribution in [-0.2, 0) is 6.61 Å². The third-order valence-corrected chi connectivity index (χ3v) is 3.29. The summed E-state index contributed by atoms with van der Waals surface area (Å²) in [7, 11) is 0. The molecule has 0 spiro atoms. The Morgan fingerprint density at radius 3 is 2.33 bits per heavy atom. The van der Waals surface area contributed by atoms with Crippen LogP contribution in [0.2, 0.25) is 0 Å². The van der Waals surface area contributed by atoms with Gasteiger partial charge >= 0.3 is 0 Å². The molecule has 0 unspecified atom stereocenters. The highest BCUT2D eigenvalue weighted by atomic mass is 16.6. The number of non-ortho nitro benzene ring substituents is 1. The average molecular weight is 279 g/mol. The van der Waals surface area contributed by atoms with Crippen molar-refractivity contribution in [1.82, 2.24) is 0 Å². The molecule has 3 rings (SSSR count). The Morgan fingerprint density at radius 1 is 0.857 bits per heavy atom. The number of benzene rings is 3. The van der Waals surface area contributed by atoms with Crippen molar-refractivity contribution in [3.63, 3.8) is 0 Å². The smallest absolute Gasteiger partial charge is 0.277 e. The van der Waals surface area contributed by atoms with E-state index in [1.165, 1.54) is 6.07 Å². The fraction of sp³-hybridized carbons (Fsp3) is 0.0588. The maximum absolute atomic E-state index is 11.1. The van der Waals surface area contributed by atoms with Gasteiger partial charge in [-0.15, -0.1) is 0 Å². The molecule has 0 N–H and O–H groups in total. The molecule has 4 nitrogen and oxygen atoms in total. The minimum atomic E-state index is -0.372. The molecule has 0 fully saturated rings. The first-order chi connectivity index (χ1) is 10.3. The number of fused-ring (bicyclic) bond motifs is 1. The molecule has 21 heavy (non-hydrogen) atoms. The van der Waals surface area contributed by atoms with Crippen molar-refractivity contribution in [2.75, 3.05) is 0 Å². The molecule has 0 aromatic heterocycles. The predicted molar refractivity (Wildman–Crippen MR) is 81.4 cm³/mol. The number of nitro benzene ring substituents is 1. The van der Waals surface area contributed by atoms with Gasteiger partial charge in [-0.2, -0.15) is 0 Å². The number of hydrogen-bond donors (Lipinski definition) is 0. The van der Waals surface area contributed by atoms with Crippen molar-refractivity contribution in [2.24, 2.45) is 0 Å². The minimum absolute atomic E-state index is 0.0951. The van der Waals surface area contributed by atoms with Gasteiger partial charge in [-0.25, -0.2) is 0 Å². The quantitative estimate of drug-likeness (QED) is 0.527. The molecule has 0 atom stereocenters. The van der Waals surface area contributed by atoms with Crippen LogP contribution in [0.1, 0.15) is 5.56 Å². The second-order valence-electron chi connectivity index (χ2n) is 4.66. The highest BCUT2D eigenvalue weighted by molar-refractivity contribution is 5.95. The van der Waals surface area contributed by atoms with Crippen molar-refractivity contribution in [1.29, 1.82) is 0 Å². The molecular weight excluding hydrogens is 266 g/mol. The van der Waals surface area contributed by atoms with E-state index in [-0.39, 0.29) is 10.6 Å². The van der Waals surface area contributed by atoms with Crippen LogP contribution in [0.4, 0.5) is 5.69 Å². The standard InChI is InChI=1S/C17H13NO3/c19-18(20)16-10-4-9-15-14(16)8-5-11-17(15)21-12-13-6-2-1-3-7-13/h1-11H,12H2. The largest absolute Gasteiger partial charge is 0.488 e. The monoisotopic (exact) mass is 279 g/mol. The van der Waals surface area contributed by atoms with E-state index in [1.807, 2.05) is 42.5 Å². The van der Waals surface area contributed by atoms with Gasteiger partial charge in [0.1, 0.15) is 12.4 Å². The predicted octanol–water partition coefficient (Wildman–Crippen LogP) is 4.33. The summed E-state index contributed by atoms with van der Waals surface area (Å²) in [6.07, 6.45) is 0. The Hall–Kier alpha value is -2.88. The van der Waals surface area contributed by atoms with E-state index < -0.39 is 0 Å². The van der Waals surface area contributed by atoms with Crippen LogP contribution in [0, 0.1) is 10.1 Å². The summed E-state index contributed by atoms with van der Waals surface area (Å²) in [6, 6.07) is 20.2. The lowest BCUT2D eigenvalue weighted by Gasteiger charge is -2.09. The summed E-state index contributed by atoms with van der Waals surface area (Å²) in [4.78, 5) is 10.7. The van der Waals surface area contributed by atoms with E-state index in [2.05, 4.69) is 0 Å². The van der Waals surface area contributed by atoms with Gasteiger partial charge in [-0.3, -0.25) is 10.1 Å². The Labute approximate surface area is 121 Å². The van der Waals surface area contributed by atoms with E-state index in [9.17, 15) is 10.1 Å². The van der Waals surface area contributed by atoms with Gasteiger partial charge in [0.2, 0.25) is 0 Å². The number of ether oxygens (including phenoxy) is 1. The Kier molecular flexibility index (Phi) is 3.51. The van der Waals surface area contributed by atoms with Crippen molar-refractivity contribution in [3.05, 3.63) is 82.4 Å². The van der Waals surface area contributed by atoms with E-state index in [0.717, 1.165) is 10.9 Å². The Bertz CT molecular complexity index is 784. The minimum Gasteiger partial charge on any atom is -0.488 e. The SMILES string of the molecule is O=[N+]([O-])c1cccc2c(OCc3ccccc3)cccc12. The molecule has 104 valence electrons. The van der Waals surface area contributed by atoms with Gasteiger partial charge in [0.25, 0.3) is 5.69 Å². The van der Waals surface area contributed by atoms with Crippen molar-refractivity contribution >= 4 is 16.5 Å². The molecule has 0 saturated heterocycles. The summed E-state index contributed by atoms with van der Waals surface area (Å²) in [6.45, 7) is 0.433. The lowest BCUT2D eigenvalue weighted by molar-refractivity contribution is -0.383. The summed E-state index contributed by atoms with van der Waals surface area (Å²) in [5, 5.41) is 12.4. The van der Waals surface area contributed by atoms with Crippen LogP contribution in [0.25, 0.3) is 10.8 Å². The lowest BCUT2D eigenvalue weighted by Crippen LogP contribution is -1.96. The van der Waals surface area contributed by atoms with Crippen molar-refractivity contribution in [3.8, 4) is 5.75 Å². The second-order valence-corrected chi connectivity index (χ2v) is 4.66. The molecule has 0 saturated carbocycles. The Morgan fingerprint density at radius 2 is 1.57 bits per heavy atom. The zero-order valence-corrected chi connectivity index (χ0v) is 11.2. The second kappa shape index (κ2) is 5.63. The zero-order chi connectivity index (χ0) is 14.7. The summed E-state index contributed by atoms with van der Waals surface area (Å²) in [5.74, 6) is 0.653. The molecular formula is C17H13NO3. The van der Waals surface area contributed by atoms with E-state index in [0.29, 0.717) is 17.7 Å². The first kappa shape index (κ1) is 13.1. The van der Waals surface area contributed by atoms with E-state index >= 15 is 0 Å². The number of hydrogen-bond acceptors (Lipinski definition) is 3. The third-order valence-electron chi connectivity index (χ3n) is 3.29. The van der Waals surface area contributed by atoms with Crippen molar-refractivity contribution in [2.45, 2.75) is 6.61 Å². The third kappa shape index (κ3) is 2.69. The van der Waals surface area contributed by atoms with Gasteiger partial charge in [0, 0.05) is 11.5 Å². The molecule has 3 aromatic rings. The molecule has 3 aromatic carbocycles. The van der Waals surface area contributed by atoms with Crippen LogP contribution in [0.5, 0.6) is 5.75 Å². The highest BCUT2D eigenvalue weighted by Gasteiger charge is 2.13. The van der Waals surface area contributed by atoms with Gasteiger partial charge in [-0.1, -0.05) is 48.5 Å². The number of nitrogens with zero attached hydrogens (tertiary/aromatic N) is 1. The van der Waals surface area contributed by atoms with Gasteiger partial charge in [-0.05, 0) is 17.7 Å². The van der Waals surface area contributed by atoms with Crippen LogP contribution in [-0.4, -0.2) is 4.92 Å². The van der Waals surface area contributed by atoms with Crippen LogP contribution in [0.15, 0.2) is 66.7 Å². The van der Waals surface area contributed by atoms with Crippen molar-refractivity contribution < 1.29 is 9.66 Å². The zero-order valence-electron chi connectivity index (χ0n) is 11.2. The molecule has 0 aliphatic heterocycles. The Balaban J connectivity index is 1.96. The van der Waals surface area contributed by atoms with Gasteiger partial charge in [0.15, 0.2) is 0 Å². The topological polar surface area (TPSA) is 52.4 Å². The molecule has 0 radical (unpaired) electrons. The first-order valence-electron chi connectivity index (χ1n) is 6.58. The highest BCUT2D eigenvalue weighted by Crippen LogP contribution is 2.32. The fourth-order valence-corrected chi connectivity index (χ4v) is 2.28. The molecule has 4 heteroatoms. The molecule has 0 heterocycles. The van der Waals surface area contributed by atoms with Gasteiger partial charge < -0.3 is 4.74 Å². The fourth-order valence-electron chi connectivity index (χ4n) is 2.28. The summed E-state index contributed by atoms with van der Waals surface area (Å²) < 4.78 is 5.82. The van der Waals surface area contributed by atoms with Crippen LogP contribution < -0.4 is 4.74 Å². The summed E-state index contributed by atoms with van der Waals surface area (Å²) in [5.41, 5.74) is 1.15. The van der Waals surface area contributed by atoms with E-state index in [1.54, 1.807) is 18.2 Å². The van der Waals surface area contributed by atoms with Crippen LogP contribution in [0.3, 0.4) is 0 Å². The molecule has 0 bridgehead atoms. The molecule has 0 aliphatic carbocycles. The molecule has 0 amide bonds. The maximum Gasteiger partial charge on any atom is 0.277 e. The maximum atomic E-state index is 11.1. The van der Waals surface area contributed by atoms with Crippen LogP contribution >= 0.6 is 0 Å².